The molecule has 6 heteroatoms. The minimum Gasteiger partial charge on any atom is -0.506 e. The number of nitrogens with one attached hydrogen (secondary N) is 1. The van der Waals surface area contributed by atoms with Crippen LogP contribution in [0.15, 0.2) is 30.3 Å². The highest BCUT2D eigenvalue weighted by Crippen LogP contribution is 2.38. The molecule has 2 aromatic rings. The summed E-state index contributed by atoms with van der Waals surface area (Å²) in [7, 11) is 0. The van der Waals surface area contributed by atoms with E-state index in [0.29, 0.717) is 28.6 Å². The molecule has 5 nitrogen and oxygen atoms in total. The maximum Gasteiger partial charge on any atom is 0.255 e. The number of primary amides is 1. The van der Waals surface area contributed by atoms with Crippen LogP contribution in [0.3, 0.4) is 0 Å². The molecule has 0 heterocycles. The number of carbonyl (C=O) groups excluding carboxylic acids is 2. The van der Waals surface area contributed by atoms with Gasteiger partial charge in [-0.1, -0.05) is 35.9 Å². The summed E-state index contributed by atoms with van der Waals surface area (Å²) >= 11 is 6.14. The molecule has 0 atom stereocenters. The molecule has 21 heavy (non-hydrogen) atoms. The molecule has 0 bridgehead atoms. The molecule has 0 aromatic heterocycles. The predicted octanol–water partition coefficient (Wildman–Crippen LogP) is 1.95. The Hall–Kier alpha value is -2.27. The van der Waals surface area contributed by atoms with Gasteiger partial charge in [-0.2, -0.15) is 0 Å². The summed E-state index contributed by atoms with van der Waals surface area (Å²) in [6, 6.07) is 8.36. The number of rotatable bonds is 3. The maximum absolute atomic E-state index is 12.3. The zero-order chi connectivity index (χ0) is 15.2. The van der Waals surface area contributed by atoms with Crippen molar-refractivity contribution in [1.82, 2.24) is 5.32 Å². The highest BCUT2D eigenvalue weighted by atomic mass is 35.5. The van der Waals surface area contributed by atoms with E-state index < -0.39 is 17.4 Å². The average Bonchev–Trinajstić information content (AvgIpc) is 3.24. The van der Waals surface area contributed by atoms with Crippen LogP contribution < -0.4 is 11.1 Å². The van der Waals surface area contributed by atoms with E-state index in [1.807, 2.05) is 0 Å². The van der Waals surface area contributed by atoms with Crippen molar-refractivity contribution in [2.24, 2.45) is 5.73 Å². The van der Waals surface area contributed by atoms with Crippen LogP contribution >= 0.6 is 11.6 Å². The second kappa shape index (κ2) is 4.63. The van der Waals surface area contributed by atoms with E-state index in [1.165, 1.54) is 6.07 Å². The van der Waals surface area contributed by atoms with E-state index in [2.05, 4.69) is 5.32 Å². The Labute approximate surface area is 125 Å². The van der Waals surface area contributed by atoms with Gasteiger partial charge in [0.1, 0.15) is 11.3 Å². The zero-order valence-corrected chi connectivity index (χ0v) is 11.8. The minimum atomic E-state index is -0.984. The molecular formula is C15H13ClN2O3. The lowest BCUT2D eigenvalue weighted by Crippen LogP contribution is -2.46. The first kappa shape index (κ1) is 13.7. The van der Waals surface area contributed by atoms with Crippen LogP contribution in [-0.4, -0.2) is 22.5 Å². The van der Waals surface area contributed by atoms with E-state index in [0.717, 1.165) is 0 Å². The van der Waals surface area contributed by atoms with Crippen molar-refractivity contribution >= 4 is 34.2 Å². The van der Waals surface area contributed by atoms with E-state index in [-0.39, 0.29) is 11.3 Å². The Kier molecular flexibility index (Phi) is 3.02. The van der Waals surface area contributed by atoms with Crippen LogP contribution in [-0.2, 0) is 4.79 Å². The molecule has 0 unspecified atom stereocenters. The lowest BCUT2D eigenvalue weighted by molar-refractivity contribution is -0.120. The molecule has 0 aliphatic heterocycles. The van der Waals surface area contributed by atoms with Gasteiger partial charge < -0.3 is 16.2 Å². The van der Waals surface area contributed by atoms with Crippen molar-refractivity contribution in [2.45, 2.75) is 18.4 Å². The zero-order valence-electron chi connectivity index (χ0n) is 11.0. The van der Waals surface area contributed by atoms with Crippen molar-refractivity contribution in [2.75, 3.05) is 0 Å². The number of phenolic OH excluding ortho intramolecular Hbond substituents is 1. The van der Waals surface area contributed by atoms with Crippen molar-refractivity contribution in [1.29, 1.82) is 0 Å². The van der Waals surface area contributed by atoms with Gasteiger partial charge in [0, 0.05) is 15.8 Å². The highest BCUT2D eigenvalue weighted by molar-refractivity contribution is 6.36. The number of benzene rings is 2. The number of fused-ring (bicyclic) bond motifs is 1. The van der Waals surface area contributed by atoms with Crippen LogP contribution in [0.4, 0.5) is 0 Å². The quantitative estimate of drug-likeness (QED) is 0.809. The molecule has 1 aliphatic carbocycles. The average molecular weight is 305 g/mol. The topological polar surface area (TPSA) is 92.4 Å². The van der Waals surface area contributed by atoms with Crippen LogP contribution in [0.2, 0.25) is 5.02 Å². The second-order valence-corrected chi connectivity index (χ2v) is 5.61. The number of carbonyl (C=O) groups is 2. The van der Waals surface area contributed by atoms with E-state index in [1.54, 1.807) is 24.3 Å². The first-order valence-electron chi connectivity index (χ1n) is 6.47. The maximum atomic E-state index is 12.3. The lowest BCUT2D eigenvalue weighted by Gasteiger charge is -2.15. The van der Waals surface area contributed by atoms with Crippen molar-refractivity contribution in [3.8, 4) is 5.75 Å². The van der Waals surface area contributed by atoms with Gasteiger partial charge in [0.05, 0.1) is 5.56 Å². The predicted molar refractivity (Wildman–Crippen MR) is 79.2 cm³/mol. The van der Waals surface area contributed by atoms with Gasteiger partial charge in [-0.25, -0.2) is 0 Å². The third-order valence-corrected chi connectivity index (χ3v) is 4.10. The lowest BCUT2D eigenvalue weighted by atomic mass is 10.0. The number of nitrogens with two attached hydrogens (primary N) is 1. The minimum absolute atomic E-state index is 0.0335. The molecule has 2 amide bonds. The van der Waals surface area contributed by atoms with Crippen LogP contribution in [0.5, 0.6) is 5.75 Å². The molecule has 2 aromatic carbocycles. The monoisotopic (exact) mass is 304 g/mol. The van der Waals surface area contributed by atoms with Crippen molar-refractivity contribution in [3.63, 3.8) is 0 Å². The Morgan fingerprint density at radius 2 is 1.86 bits per heavy atom. The van der Waals surface area contributed by atoms with Crippen molar-refractivity contribution in [3.05, 3.63) is 40.9 Å². The molecule has 108 valence electrons. The highest BCUT2D eigenvalue weighted by Gasteiger charge is 2.50. The fourth-order valence-corrected chi connectivity index (χ4v) is 2.61. The first-order valence-corrected chi connectivity index (χ1v) is 6.85. The number of aromatic hydroxyl groups is 1. The summed E-state index contributed by atoms with van der Waals surface area (Å²) in [4.78, 5) is 23.6. The number of halogens is 1. The Morgan fingerprint density at radius 3 is 2.43 bits per heavy atom. The van der Waals surface area contributed by atoms with Crippen LogP contribution in [0, 0.1) is 0 Å². The summed E-state index contributed by atoms with van der Waals surface area (Å²) in [5.74, 6) is -1.29. The molecule has 3 rings (SSSR count). The molecule has 1 aliphatic rings. The van der Waals surface area contributed by atoms with Gasteiger partial charge in [-0.05, 0) is 18.9 Å². The van der Waals surface area contributed by atoms with Gasteiger partial charge in [0.15, 0.2) is 0 Å². The molecule has 0 spiro atoms. The molecule has 0 radical (unpaired) electrons. The van der Waals surface area contributed by atoms with Gasteiger partial charge >= 0.3 is 0 Å². The fraction of sp³-hybridized carbons (Fsp3) is 0.200. The Bertz CT molecular complexity index is 769. The van der Waals surface area contributed by atoms with Crippen LogP contribution in [0.1, 0.15) is 23.2 Å². The molecule has 1 saturated carbocycles. The fourth-order valence-electron chi connectivity index (χ4n) is 2.33. The molecular weight excluding hydrogens is 292 g/mol. The van der Waals surface area contributed by atoms with E-state index in [4.69, 9.17) is 17.3 Å². The number of hydrogen-bond donors (Lipinski definition) is 3. The SMILES string of the molecule is NC(=O)C1(NC(=O)c2cc(Cl)c3ccccc3c2O)CC1. The van der Waals surface area contributed by atoms with E-state index >= 15 is 0 Å². The van der Waals surface area contributed by atoms with Gasteiger partial charge in [0.25, 0.3) is 5.91 Å². The molecule has 1 fully saturated rings. The summed E-state index contributed by atoms with van der Waals surface area (Å²) < 4.78 is 0. The normalized spacial score (nSPS) is 15.7. The van der Waals surface area contributed by atoms with Crippen LogP contribution in [0.25, 0.3) is 10.8 Å². The Morgan fingerprint density at radius 1 is 1.24 bits per heavy atom. The standard InChI is InChI=1S/C15H13ClN2O3/c16-11-7-10(12(19)9-4-2-1-3-8(9)11)13(20)18-15(5-6-15)14(17)21/h1-4,7,19H,5-6H2,(H2,17,21)(H,18,20). The van der Waals surface area contributed by atoms with Gasteiger partial charge in [0.2, 0.25) is 5.91 Å². The third-order valence-electron chi connectivity index (χ3n) is 3.78. The summed E-state index contributed by atoms with van der Waals surface area (Å²) in [5.41, 5.74) is 4.32. The van der Waals surface area contributed by atoms with Gasteiger partial charge in [-0.3, -0.25) is 9.59 Å². The van der Waals surface area contributed by atoms with Crippen molar-refractivity contribution < 1.29 is 14.7 Å². The molecule has 4 N–H and O–H groups in total. The number of hydrogen-bond acceptors (Lipinski definition) is 3. The second-order valence-electron chi connectivity index (χ2n) is 5.20. The molecule has 0 saturated heterocycles. The van der Waals surface area contributed by atoms with Gasteiger partial charge in [-0.15, -0.1) is 0 Å². The summed E-state index contributed by atoms with van der Waals surface area (Å²) in [5, 5.41) is 14.3. The smallest absolute Gasteiger partial charge is 0.255 e. The largest absolute Gasteiger partial charge is 0.506 e. The number of phenols is 1. The number of amides is 2. The first-order chi connectivity index (χ1) is 9.94. The Balaban J connectivity index is 2.03. The third kappa shape index (κ3) is 2.19. The summed E-state index contributed by atoms with van der Waals surface area (Å²) in [6.07, 6.45) is 1.02. The summed E-state index contributed by atoms with van der Waals surface area (Å²) in [6.45, 7) is 0. The van der Waals surface area contributed by atoms with E-state index in [9.17, 15) is 14.7 Å².